The molecule has 6 heteroatoms. The molecule has 0 radical (unpaired) electrons. The summed E-state index contributed by atoms with van der Waals surface area (Å²) in [6.45, 7) is 0.328. The van der Waals surface area contributed by atoms with Crippen LogP contribution in [-0.2, 0) is 11.3 Å². The monoisotopic (exact) mass is 432 g/mol. The lowest BCUT2D eigenvalue weighted by Gasteiger charge is -2.21. The highest BCUT2D eigenvalue weighted by molar-refractivity contribution is 5.86. The summed E-state index contributed by atoms with van der Waals surface area (Å²) in [6.07, 6.45) is 2.16. The number of hydrogen-bond acceptors (Lipinski definition) is 3. The summed E-state index contributed by atoms with van der Waals surface area (Å²) in [5.41, 5.74) is 3.71. The van der Waals surface area contributed by atoms with Gasteiger partial charge in [0.05, 0.1) is 14.2 Å². The van der Waals surface area contributed by atoms with Crippen molar-refractivity contribution in [1.82, 2.24) is 10.3 Å². The largest absolute Gasteiger partial charge is 0.493 e. The van der Waals surface area contributed by atoms with Crippen molar-refractivity contribution in [1.29, 1.82) is 0 Å². The topological polar surface area (TPSA) is 63.3 Å². The van der Waals surface area contributed by atoms with E-state index in [4.69, 9.17) is 9.47 Å². The van der Waals surface area contributed by atoms with Gasteiger partial charge in [-0.3, -0.25) is 4.79 Å². The molecule has 1 atom stereocenters. The van der Waals surface area contributed by atoms with E-state index in [2.05, 4.69) is 10.3 Å². The number of halogens is 1. The van der Waals surface area contributed by atoms with Gasteiger partial charge < -0.3 is 19.8 Å². The molecule has 4 rings (SSSR count). The molecular weight excluding hydrogens is 407 g/mol. The zero-order chi connectivity index (χ0) is 22.5. The predicted molar refractivity (Wildman–Crippen MR) is 123 cm³/mol. The summed E-state index contributed by atoms with van der Waals surface area (Å²) in [7, 11) is 3.19. The van der Waals surface area contributed by atoms with Gasteiger partial charge in [0.2, 0.25) is 5.91 Å². The minimum atomic E-state index is -0.301. The standard InChI is InChI=1S/C26H25FN2O3/c1-31-24-9-5-7-20(26(24)32-2)21(22-16-28-23-8-4-3-6-19(22)23)14-25(30)29-15-17-10-12-18(27)13-11-17/h3-13,16,21,28H,14-15H2,1-2H3,(H,29,30)/t21-/m0/s1. The quantitative estimate of drug-likeness (QED) is 0.404. The van der Waals surface area contributed by atoms with E-state index in [1.807, 2.05) is 48.7 Å². The highest BCUT2D eigenvalue weighted by atomic mass is 19.1. The molecule has 0 saturated heterocycles. The van der Waals surface area contributed by atoms with Crippen LogP contribution >= 0.6 is 0 Å². The molecule has 1 amide bonds. The molecule has 1 heterocycles. The number of rotatable bonds is 8. The number of hydrogen-bond donors (Lipinski definition) is 2. The number of carbonyl (C=O) groups excluding carboxylic acids is 1. The number of benzene rings is 3. The van der Waals surface area contributed by atoms with Crippen molar-refractivity contribution in [2.75, 3.05) is 14.2 Å². The molecule has 32 heavy (non-hydrogen) atoms. The maximum absolute atomic E-state index is 13.2. The molecule has 164 valence electrons. The molecule has 2 N–H and O–H groups in total. The number of H-pyrrole nitrogens is 1. The fourth-order valence-electron chi connectivity index (χ4n) is 4.02. The summed E-state index contributed by atoms with van der Waals surface area (Å²) in [5.74, 6) is 0.543. The van der Waals surface area contributed by atoms with Crippen LogP contribution in [0.3, 0.4) is 0 Å². The Balaban J connectivity index is 1.67. The first kappa shape index (κ1) is 21.4. The van der Waals surface area contributed by atoms with Gasteiger partial charge in [0, 0.05) is 41.5 Å². The molecular formula is C26H25FN2O3. The smallest absolute Gasteiger partial charge is 0.221 e. The molecule has 3 aromatic carbocycles. The number of fused-ring (bicyclic) bond motifs is 1. The maximum Gasteiger partial charge on any atom is 0.221 e. The second-order valence-corrected chi connectivity index (χ2v) is 7.53. The molecule has 0 fully saturated rings. The Morgan fingerprint density at radius 1 is 0.969 bits per heavy atom. The van der Waals surface area contributed by atoms with Crippen molar-refractivity contribution in [3.8, 4) is 11.5 Å². The minimum Gasteiger partial charge on any atom is -0.493 e. The first-order valence-corrected chi connectivity index (χ1v) is 10.4. The van der Waals surface area contributed by atoms with Crippen LogP contribution in [-0.4, -0.2) is 25.1 Å². The minimum absolute atomic E-state index is 0.116. The van der Waals surface area contributed by atoms with Crippen LogP contribution in [0.5, 0.6) is 11.5 Å². The Kier molecular flexibility index (Phi) is 6.40. The Labute approximate surface area is 186 Å². The van der Waals surface area contributed by atoms with E-state index in [1.165, 1.54) is 12.1 Å². The lowest BCUT2D eigenvalue weighted by Crippen LogP contribution is -2.25. The molecule has 0 bridgehead atoms. The van der Waals surface area contributed by atoms with Gasteiger partial charge in [-0.1, -0.05) is 42.5 Å². The second kappa shape index (κ2) is 9.56. The van der Waals surface area contributed by atoms with Gasteiger partial charge in [-0.2, -0.15) is 0 Å². The summed E-state index contributed by atoms with van der Waals surface area (Å²) in [4.78, 5) is 16.3. The first-order valence-electron chi connectivity index (χ1n) is 10.4. The highest BCUT2D eigenvalue weighted by Gasteiger charge is 2.26. The van der Waals surface area contributed by atoms with Crippen molar-refractivity contribution >= 4 is 16.8 Å². The molecule has 0 aliphatic carbocycles. The van der Waals surface area contributed by atoms with Gasteiger partial charge in [0.1, 0.15) is 5.82 Å². The van der Waals surface area contributed by atoms with Crippen LogP contribution in [0.2, 0.25) is 0 Å². The van der Waals surface area contributed by atoms with Crippen LogP contribution in [0.25, 0.3) is 10.9 Å². The van der Waals surface area contributed by atoms with Crippen molar-refractivity contribution in [2.24, 2.45) is 0 Å². The molecule has 0 spiro atoms. The van der Waals surface area contributed by atoms with Gasteiger partial charge >= 0.3 is 0 Å². The normalized spacial score (nSPS) is 11.8. The Hall–Kier alpha value is -3.80. The third-order valence-electron chi connectivity index (χ3n) is 5.60. The van der Waals surface area contributed by atoms with Gasteiger partial charge in [-0.05, 0) is 35.4 Å². The van der Waals surface area contributed by atoms with E-state index in [1.54, 1.807) is 26.4 Å². The van der Waals surface area contributed by atoms with Crippen molar-refractivity contribution in [3.63, 3.8) is 0 Å². The number of aromatic amines is 1. The molecule has 1 aromatic heterocycles. The summed E-state index contributed by atoms with van der Waals surface area (Å²) >= 11 is 0. The average Bonchev–Trinajstić information content (AvgIpc) is 3.25. The Morgan fingerprint density at radius 2 is 1.75 bits per heavy atom. The van der Waals surface area contributed by atoms with Crippen molar-refractivity contribution in [3.05, 3.63) is 95.4 Å². The molecule has 0 aliphatic rings. The van der Waals surface area contributed by atoms with Crippen molar-refractivity contribution in [2.45, 2.75) is 18.9 Å². The van der Waals surface area contributed by atoms with E-state index in [0.29, 0.717) is 18.0 Å². The SMILES string of the molecule is COc1cccc([C@H](CC(=O)NCc2ccc(F)cc2)c2c[nH]c3ccccc23)c1OC. The number of methoxy groups -OCH3 is 2. The predicted octanol–water partition coefficient (Wildman–Crippen LogP) is 5.16. The van der Waals surface area contributed by atoms with E-state index in [-0.39, 0.29) is 24.1 Å². The highest BCUT2D eigenvalue weighted by Crippen LogP contribution is 2.41. The van der Waals surface area contributed by atoms with Crippen LogP contribution in [0.1, 0.15) is 29.0 Å². The lowest BCUT2D eigenvalue weighted by molar-refractivity contribution is -0.121. The molecule has 0 unspecified atom stereocenters. The van der Waals surface area contributed by atoms with Crippen LogP contribution < -0.4 is 14.8 Å². The van der Waals surface area contributed by atoms with E-state index in [0.717, 1.165) is 27.6 Å². The van der Waals surface area contributed by atoms with Crippen molar-refractivity contribution < 1.29 is 18.7 Å². The fraction of sp³-hybridized carbons (Fsp3) is 0.192. The van der Waals surface area contributed by atoms with E-state index >= 15 is 0 Å². The summed E-state index contributed by atoms with van der Waals surface area (Å²) in [5, 5.41) is 4.00. The Bertz CT molecular complexity index is 1220. The van der Waals surface area contributed by atoms with Gasteiger partial charge in [0.15, 0.2) is 11.5 Å². The zero-order valence-corrected chi connectivity index (χ0v) is 18.0. The second-order valence-electron chi connectivity index (χ2n) is 7.53. The summed E-state index contributed by atoms with van der Waals surface area (Å²) in [6, 6.07) is 19.8. The summed E-state index contributed by atoms with van der Waals surface area (Å²) < 4.78 is 24.3. The Morgan fingerprint density at radius 3 is 2.50 bits per heavy atom. The number of carbonyl (C=O) groups is 1. The number of para-hydroxylation sites is 2. The molecule has 4 aromatic rings. The lowest BCUT2D eigenvalue weighted by atomic mass is 9.87. The van der Waals surface area contributed by atoms with E-state index in [9.17, 15) is 9.18 Å². The number of nitrogens with one attached hydrogen (secondary N) is 2. The zero-order valence-electron chi connectivity index (χ0n) is 18.0. The van der Waals surface area contributed by atoms with Gasteiger partial charge in [-0.15, -0.1) is 0 Å². The molecule has 0 saturated carbocycles. The number of aromatic nitrogens is 1. The van der Waals surface area contributed by atoms with E-state index < -0.39 is 0 Å². The van der Waals surface area contributed by atoms with Gasteiger partial charge in [-0.25, -0.2) is 4.39 Å². The average molecular weight is 432 g/mol. The first-order chi connectivity index (χ1) is 15.6. The fourth-order valence-corrected chi connectivity index (χ4v) is 4.02. The third-order valence-corrected chi connectivity index (χ3v) is 5.60. The van der Waals surface area contributed by atoms with Crippen LogP contribution in [0, 0.1) is 5.82 Å². The maximum atomic E-state index is 13.2. The van der Waals surface area contributed by atoms with Crippen LogP contribution in [0.4, 0.5) is 4.39 Å². The molecule has 5 nitrogen and oxygen atoms in total. The molecule has 0 aliphatic heterocycles. The van der Waals surface area contributed by atoms with Crippen LogP contribution in [0.15, 0.2) is 72.9 Å². The number of ether oxygens (including phenoxy) is 2. The third kappa shape index (κ3) is 4.44. The van der Waals surface area contributed by atoms with Gasteiger partial charge in [0.25, 0.3) is 0 Å². The number of amides is 1.